The fraction of sp³-hybridized carbons (Fsp3) is 0. The SMILES string of the molecule is O=C(Nc1ccc(F)c(Cl)c1)Nc1nc2ccccc2s1. The number of carbonyl (C=O) groups is 1. The molecular formula is C14H9ClFN3OS. The van der Waals surface area contributed by atoms with Gasteiger partial charge in [0.25, 0.3) is 0 Å². The minimum absolute atomic E-state index is 0.0483. The van der Waals surface area contributed by atoms with Gasteiger partial charge in [-0.15, -0.1) is 0 Å². The van der Waals surface area contributed by atoms with Crippen LogP contribution in [0.25, 0.3) is 10.2 Å². The zero-order chi connectivity index (χ0) is 14.8. The third-order valence-electron chi connectivity index (χ3n) is 2.69. The predicted octanol–water partition coefficient (Wildman–Crippen LogP) is 4.73. The summed E-state index contributed by atoms with van der Waals surface area (Å²) in [5.74, 6) is -0.534. The summed E-state index contributed by atoms with van der Waals surface area (Å²) in [6, 6.07) is 11.1. The first-order valence-corrected chi connectivity index (χ1v) is 7.20. The van der Waals surface area contributed by atoms with Crippen molar-refractivity contribution in [3.63, 3.8) is 0 Å². The number of aromatic nitrogens is 1. The second-order valence-electron chi connectivity index (χ2n) is 4.19. The lowest BCUT2D eigenvalue weighted by Crippen LogP contribution is -2.19. The molecule has 0 atom stereocenters. The Hall–Kier alpha value is -2.18. The van der Waals surface area contributed by atoms with Gasteiger partial charge in [-0.2, -0.15) is 0 Å². The number of benzene rings is 2. The van der Waals surface area contributed by atoms with E-state index in [0.717, 1.165) is 10.2 Å². The van der Waals surface area contributed by atoms with Crippen molar-refractivity contribution in [3.8, 4) is 0 Å². The number of hydrogen-bond acceptors (Lipinski definition) is 3. The van der Waals surface area contributed by atoms with Crippen LogP contribution in [0, 0.1) is 5.82 Å². The average Bonchev–Trinajstić information content (AvgIpc) is 2.84. The Bertz CT molecular complexity index is 788. The molecule has 0 spiro atoms. The summed E-state index contributed by atoms with van der Waals surface area (Å²) < 4.78 is 14.0. The van der Waals surface area contributed by atoms with Crippen molar-refractivity contribution < 1.29 is 9.18 Å². The Balaban J connectivity index is 1.72. The number of para-hydroxylation sites is 1. The van der Waals surface area contributed by atoms with E-state index in [9.17, 15) is 9.18 Å². The maximum atomic E-state index is 13.0. The largest absolute Gasteiger partial charge is 0.325 e. The molecule has 0 aliphatic rings. The number of nitrogens with zero attached hydrogens (tertiary/aromatic N) is 1. The van der Waals surface area contributed by atoms with Crippen LogP contribution in [0.2, 0.25) is 5.02 Å². The molecule has 2 N–H and O–H groups in total. The number of nitrogens with one attached hydrogen (secondary N) is 2. The first kappa shape index (κ1) is 13.8. The van der Waals surface area contributed by atoms with Crippen molar-refractivity contribution in [1.82, 2.24) is 4.98 Å². The van der Waals surface area contributed by atoms with Gasteiger partial charge < -0.3 is 5.32 Å². The summed E-state index contributed by atoms with van der Waals surface area (Å²) in [6.45, 7) is 0. The minimum Gasteiger partial charge on any atom is -0.308 e. The molecule has 0 bridgehead atoms. The van der Waals surface area contributed by atoms with Crippen LogP contribution < -0.4 is 10.6 Å². The van der Waals surface area contributed by atoms with Crippen molar-refractivity contribution in [2.24, 2.45) is 0 Å². The van der Waals surface area contributed by atoms with E-state index in [-0.39, 0.29) is 5.02 Å². The second kappa shape index (κ2) is 5.67. The number of rotatable bonds is 2. The second-order valence-corrected chi connectivity index (χ2v) is 5.63. The molecule has 0 radical (unpaired) electrons. The number of anilines is 2. The maximum Gasteiger partial charge on any atom is 0.325 e. The number of urea groups is 1. The van der Waals surface area contributed by atoms with Crippen LogP contribution in [0.1, 0.15) is 0 Å². The quantitative estimate of drug-likeness (QED) is 0.716. The van der Waals surface area contributed by atoms with Crippen LogP contribution in [0.5, 0.6) is 0 Å². The summed E-state index contributed by atoms with van der Waals surface area (Å²) in [7, 11) is 0. The highest BCUT2D eigenvalue weighted by Gasteiger charge is 2.08. The molecule has 2 aromatic carbocycles. The highest BCUT2D eigenvalue weighted by molar-refractivity contribution is 7.22. The Morgan fingerprint density at radius 1 is 1.19 bits per heavy atom. The molecule has 0 unspecified atom stereocenters. The van der Waals surface area contributed by atoms with Crippen LogP contribution in [-0.4, -0.2) is 11.0 Å². The fourth-order valence-corrected chi connectivity index (χ4v) is 2.80. The molecule has 3 aromatic rings. The van der Waals surface area contributed by atoms with Gasteiger partial charge in [0.2, 0.25) is 0 Å². The lowest BCUT2D eigenvalue weighted by Gasteiger charge is -2.05. The number of hydrogen-bond donors (Lipinski definition) is 2. The third kappa shape index (κ3) is 3.12. The zero-order valence-electron chi connectivity index (χ0n) is 10.6. The smallest absolute Gasteiger partial charge is 0.308 e. The normalized spacial score (nSPS) is 10.6. The molecule has 0 saturated heterocycles. The van der Waals surface area contributed by atoms with E-state index in [0.29, 0.717) is 10.8 Å². The highest BCUT2D eigenvalue weighted by atomic mass is 35.5. The van der Waals surface area contributed by atoms with Crippen molar-refractivity contribution in [2.45, 2.75) is 0 Å². The van der Waals surface area contributed by atoms with Gasteiger partial charge in [0, 0.05) is 5.69 Å². The van der Waals surface area contributed by atoms with Crippen LogP contribution in [0.15, 0.2) is 42.5 Å². The monoisotopic (exact) mass is 321 g/mol. The van der Waals surface area contributed by atoms with E-state index >= 15 is 0 Å². The molecule has 0 aliphatic carbocycles. The lowest BCUT2D eigenvalue weighted by atomic mass is 10.3. The van der Waals surface area contributed by atoms with Crippen molar-refractivity contribution >= 4 is 50.0 Å². The van der Waals surface area contributed by atoms with Crippen molar-refractivity contribution in [1.29, 1.82) is 0 Å². The maximum absolute atomic E-state index is 13.0. The number of thiazole rings is 1. The molecule has 4 nitrogen and oxygen atoms in total. The van der Waals surface area contributed by atoms with Gasteiger partial charge in [-0.1, -0.05) is 35.1 Å². The van der Waals surface area contributed by atoms with Gasteiger partial charge in [-0.05, 0) is 30.3 Å². The van der Waals surface area contributed by atoms with E-state index in [1.165, 1.54) is 29.5 Å². The first-order valence-electron chi connectivity index (χ1n) is 6.00. The summed E-state index contributed by atoms with van der Waals surface area (Å²) in [6.07, 6.45) is 0. The molecule has 0 aliphatic heterocycles. The summed E-state index contributed by atoms with van der Waals surface area (Å²) >= 11 is 7.03. The van der Waals surface area contributed by atoms with Gasteiger partial charge >= 0.3 is 6.03 Å². The molecule has 0 saturated carbocycles. The van der Waals surface area contributed by atoms with E-state index < -0.39 is 11.8 Å². The van der Waals surface area contributed by atoms with E-state index in [1.807, 2.05) is 24.3 Å². The number of halogens is 2. The van der Waals surface area contributed by atoms with Crippen LogP contribution >= 0.6 is 22.9 Å². The molecule has 0 fully saturated rings. The van der Waals surface area contributed by atoms with E-state index in [4.69, 9.17) is 11.6 Å². The Kier molecular flexibility index (Phi) is 3.72. The average molecular weight is 322 g/mol. The van der Waals surface area contributed by atoms with Gasteiger partial charge in [0.05, 0.1) is 15.2 Å². The Morgan fingerprint density at radius 3 is 2.76 bits per heavy atom. The van der Waals surface area contributed by atoms with Gasteiger partial charge in [0.1, 0.15) is 5.82 Å². The van der Waals surface area contributed by atoms with Crippen LogP contribution in [-0.2, 0) is 0 Å². The molecule has 106 valence electrons. The summed E-state index contributed by atoms with van der Waals surface area (Å²) in [5.41, 5.74) is 1.22. The molecule has 1 aromatic heterocycles. The summed E-state index contributed by atoms with van der Waals surface area (Å²) in [4.78, 5) is 16.1. The highest BCUT2D eigenvalue weighted by Crippen LogP contribution is 2.25. The molecule has 2 amide bonds. The summed E-state index contributed by atoms with van der Waals surface area (Å²) in [5, 5.41) is 5.64. The minimum atomic E-state index is -0.534. The zero-order valence-corrected chi connectivity index (χ0v) is 12.1. The Morgan fingerprint density at radius 2 is 2.00 bits per heavy atom. The molecule has 7 heteroatoms. The number of carbonyl (C=O) groups excluding carboxylic acids is 1. The van der Waals surface area contributed by atoms with Gasteiger partial charge in [-0.25, -0.2) is 14.2 Å². The number of amides is 2. The lowest BCUT2D eigenvalue weighted by molar-refractivity contribution is 0.262. The molecule has 1 heterocycles. The van der Waals surface area contributed by atoms with Gasteiger partial charge in [0.15, 0.2) is 5.13 Å². The molecule has 21 heavy (non-hydrogen) atoms. The van der Waals surface area contributed by atoms with Crippen LogP contribution in [0.4, 0.5) is 20.0 Å². The number of fused-ring (bicyclic) bond motifs is 1. The third-order valence-corrected chi connectivity index (χ3v) is 3.93. The van der Waals surface area contributed by atoms with Crippen molar-refractivity contribution in [2.75, 3.05) is 10.6 Å². The van der Waals surface area contributed by atoms with E-state index in [2.05, 4.69) is 15.6 Å². The first-order chi connectivity index (χ1) is 10.1. The Labute approximate surface area is 128 Å². The molecular weight excluding hydrogens is 313 g/mol. The van der Waals surface area contributed by atoms with Crippen LogP contribution in [0.3, 0.4) is 0 Å². The van der Waals surface area contributed by atoms with Crippen molar-refractivity contribution in [3.05, 3.63) is 53.3 Å². The fourth-order valence-electron chi connectivity index (χ4n) is 1.76. The van der Waals surface area contributed by atoms with E-state index in [1.54, 1.807) is 0 Å². The standard InChI is InChI=1S/C14H9ClFN3OS/c15-9-7-8(5-6-10(9)16)17-13(20)19-14-18-11-3-1-2-4-12(11)21-14/h1-7H,(H2,17,18,19,20). The van der Waals surface area contributed by atoms with Gasteiger partial charge in [-0.3, -0.25) is 5.32 Å². The topological polar surface area (TPSA) is 54.0 Å². The predicted molar refractivity (Wildman–Crippen MR) is 83.7 cm³/mol. The molecule has 3 rings (SSSR count).